The Morgan fingerprint density at radius 3 is 1.73 bits per heavy atom. The lowest BCUT2D eigenvalue weighted by Gasteiger charge is -2.11. The molecule has 0 saturated carbocycles. The molecule has 0 N–H and O–H groups in total. The average molecular weight is 307 g/mol. The highest BCUT2D eigenvalue weighted by Gasteiger charge is 2.25. The van der Waals surface area contributed by atoms with Crippen molar-refractivity contribution >= 4 is 23.3 Å². The Bertz CT molecular complexity index is 522. The molecule has 0 amide bonds. The third-order valence-corrected chi connectivity index (χ3v) is 2.39. The van der Waals surface area contributed by atoms with Crippen molar-refractivity contribution < 1.29 is 23.8 Å². The number of rotatable bonds is 6. The van der Waals surface area contributed by atoms with Crippen LogP contribution in [-0.4, -0.2) is 37.0 Å². The van der Waals surface area contributed by atoms with E-state index in [2.05, 4.69) is 4.99 Å². The number of methoxy groups -OCH3 is 1. The minimum absolute atomic E-state index is 0.361. The third-order valence-electron chi connectivity index (χ3n) is 2.39. The summed E-state index contributed by atoms with van der Waals surface area (Å²) in [6.07, 6.45) is -0.721. The molecule has 0 saturated heterocycles. The summed E-state index contributed by atoms with van der Waals surface area (Å²) in [6.45, 7) is 6.76. The van der Waals surface area contributed by atoms with Gasteiger partial charge in [-0.3, -0.25) is 0 Å². The molecule has 22 heavy (non-hydrogen) atoms. The summed E-state index contributed by atoms with van der Waals surface area (Å²) in [6, 6.07) is 6.62. The quantitative estimate of drug-likeness (QED) is 0.459. The molecule has 0 bridgehead atoms. The van der Waals surface area contributed by atoms with Gasteiger partial charge in [-0.2, -0.15) is 0 Å². The van der Waals surface area contributed by atoms with Crippen molar-refractivity contribution in [1.29, 1.82) is 0 Å². The predicted octanol–water partition coefficient (Wildman–Crippen LogP) is 2.67. The summed E-state index contributed by atoms with van der Waals surface area (Å²) in [4.78, 5) is 28.1. The molecular formula is C16H21NO5. The van der Waals surface area contributed by atoms with E-state index in [-0.39, 0.29) is 17.9 Å². The van der Waals surface area contributed by atoms with Gasteiger partial charge in [0.25, 0.3) is 0 Å². The first-order chi connectivity index (χ1) is 10.3. The maximum Gasteiger partial charge on any atom is 0.364 e. The van der Waals surface area contributed by atoms with Gasteiger partial charge in [-0.1, -0.05) is 0 Å². The lowest BCUT2D eigenvalue weighted by atomic mass is 10.3. The van der Waals surface area contributed by atoms with E-state index in [9.17, 15) is 9.59 Å². The molecule has 0 radical (unpaired) electrons. The van der Waals surface area contributed by atoms with Gasteiger partial charge in [-0.15, -0.1) is 0 Å². The largest absolute Gasteiger partial charge is 0.497 e. The molecule has 0 aromatic heterocycles. The highest BCUT2D eigenvalue weighted by atomic mass is 16.6. The normalized spacial score (nSPS) is 10.3. The Balaban J connectivity index is 3.08. The predicted molar refractivity (Wildman–Crippen MR) is 82.5 cm³/mol. The second-order valence-electron chi connectivity index (χ2n) is 5.07. The molecule has 1 aromatic carbocycles. The van der Waals surface area contributed by atoms with Crippen LogP contribution in [0.15, 0.2) is 29.3 Å². The SMILES string of the molecule is COc1ccc(N=C(C(=O)OC(C)C)C(=O)OC(C)C)cc1. The van der Waals surface area contributed by atoms with Gasteiger partial charge >= 0.3 is 11.9 Å². The summed E-state index contributed by atoms with van der Waals surface area (Å²) >= 11 is 0. The van der Waals surface area contributed by atoms with Crippen molar-refractivity contribution in [2.45, 2.75) is 39.9 Å². The van der Waals surface area contributed by atoms with Crippen LogP contribution in [0.5, 0.6) is 5.75 Å². The Kier molecular flexibility index (Phi) is 6.56. The van der Waals surface area contributed by atoms with Gasteiger partial charge in [-0.05, 0) is 52.0 Å². The fraction of sp³-hybridized carbons (Fsp3) is 0.438. The van der Waals surface area contributed by atoms with Crippen LogP contribution < -0.4 is 4.74 Å². The average Bonchev–Trinajstić information content (AvgIpc) is 2.43. The van der Waals surface area contributed by atoms with Crippen LogP contribution >= 0.6 is 0 Å². The summed E-state index contributed by atoms with van der Waals surface area (Å²) in [7, 11) is 1.55. The van der Waals surface area contributed by atoms with E-state index in [4.69, 9.17) is 14.2 Å². The number of hydrogen-bond acceptors (Lipinski definition) is 6. The van der Waals surface area contributed by atoms with Gasteiger partial charge < -0.3 is 14.2 Å². The number of carbonyl (C=O) groups is 2. The molecule has 0 atom stereocenters. The number of carbonyl (C=O) groups excluding carboxylic acids is 2. The number of ether oxygens (including phenoxy) is 3. The number of esters is 2. The van der Waals surface area contributed by atoms with E-state index in [1.54, 1.807) is 59.1 Å². The maximum atomic E-state index is 12.0. The number of nitrogens with zero attached hydrogens (tertiary/aromatic N) is 1. The number of hydrogen-bond donors (Lipinski definition) is 0. The molecule has 0 unspecified atom stereocenters. The van der Waals surface area contributed by atoms with E-state index in [1.807, 2.05) is 0 Å². The minimum Gasteiger partial charge on any atom is -0.497 e. The zero-order valence-electron chi connectivity index (χ0n) is 13.5. The van der Waals surface area contributed by atoms with Gasteiger partial charge in [0.1, 0.15) is 5.75 Å². The van der Waals surface area contributed by atoms with Crippen molar-refractivity contribution in [3.63, 3.8) is 0 Å². The standard InChI is InChI=1S/C16H21NO5/c1-10(2)21-15(18)14(16(19)22-11(3)4)17-12-6-8-13(20-5)9-7-12/h6-11H,1-5H3. The maximum absolute atomic E-state index is 12.0. The first kappa shape index (κ1) is 17.7. The van der Waals surface area contributed by atoms with E-state index in [0.717, 1.165) is 0 Å². The molecule has 6 nitrogen and oxygen atoms in total. The summed E-state index contributed by atoms with van der Waals surface area (Å²) in [5.41, 5.74) is 0.0461. The molecular weight excluding hydrogens is 286 g/mol. The topological polar surface area (TPSA) is 74.2 Å². The van der Waals surface area contributed by atoms with Crippen LogP contribution in [-0.2, 0) is 19.1 Å². The van der Waals surface area contributed by atoms with E-state index in [0.29, 0.717) is 11.4 Å². The fourth-order valence-electron chi connectivity index (χ4n) is 1.50. The molecule has 1 rings (SSSR count). The number of benzene rings is 1. The molecule has 1 aromatic rings. The second-order valence-corrected chi connectivity index (χ2v) is 5.07. The van der Waals surface area contributed by atoms with Gasteiger partial charge in [0, 0.05) is 0 Å². The van der Waals surface area contributed by atoms with Crippen LogP contribution in [0.1, 0.15) is 27.7 Å². The summed E-state index contributed by atoms with van der Waals surface area (Å²) in [5, 5.41) is 0. The summed E-state index contributed by atoms with van der Waals surface area (Å²) in [5.74, 6) is -0.969. The van der Waals surface area contributed by atoms with Crippen molar-refractivity contribution in [2.24, 2.45) is 4.99 Å². The Labute approximate surface area is 130 Å². The first-order valence-corrected chi connectivity index (χ1v) is 6.98. The first-order valence-electron chi connectivity index (χ1n) is 6.98. The lowest BCUT2D eigenvalue weighted by Crippen LogP contribution is -2.31. The van der Waals surface area contributed by atoms with E-state index < -0.39 is 11.9 Å². The fourth-order valence-corrected chi connectivity index (χ4v) is 1.50. The van der Waals surface area contributed by atoms with Crippen LogP contribution in [0, 0.1) is 0 Å². The Hall–Kier alpha value is -2.37. The molecule has 0 aliphatic heterocycles. The zero-order chi connectivity index (χ0) is 16.7. The summed E-state index contributed by atoms with van der Waals surface area (Å²) < 4.78 is 15.1. The molecule has 0 aliphatic carbocycles. The lowest BCUT2D eigenvalue weighted by molar-refractivity contribution is -0.144. The molecule has 0 fully saturated rings. The van der Waals surface area contributed by atoms with Crippen LogP contribution in [0.2, 0.25) is 0 Å². The minimum atomic E-state index is -0.809. The third kappa shape index (κ3) is 5.55. The second kappa shape index (κ2) is 8.17. The zero-order valence-corrected chi connectivity index (χ0v) is 13.5. The van der Waals surface area contributed by atoms with Crippen molar-refractivity contribution in [3.8, 4) is 5.75 Å². The number of aliphatic imine (C=N–C) groups is 1. The van der Waals surface area contributed by atoms with Crippen molar-refractivity contribution in [2.75, 3.05) is 7.11 Å². The van der Waals surface area contributed by atoms with E-state index in [1.165, 1.54) is 0 Å². The molecule has 0 aliphatic rings. The van der Waals surface area contributed by atoms with Gasteiger partial charge in [0.2, 0.25) is 5.71 Å². The van der Waals surface area contributed by atoms with Crippen LogP contribution in [0.3, 0.4) is 0 Å². The van der Waals surface area contributed by atoms with Crippen LogP contribution in [0.4, 0.5) is 5.69 Å². The van der Waals surface area contributed by atoms with Crippen molar-refractivity contribution in [3.05, 3.63) is 24.3 Å². The van der Waals surface area contributed by atoms with Gasteiger partial charge in [-0.25, -0.2) is 14.6 Å². The molecule has 120 valence electrons. The van der Waals surface area contributed by atoms with Gasteiger partial charge in [0.05, 0.1) is 25.0 Å². The monoisotopic (exact) mass is 307 g/mol. The van der Waals surface area contributed by atoms with Crippen LogP contribution in [0.25, 0.3) is 0 Å². The van der Waals surface area contributed by atoms with Crippen molar-refractivity contribution in [1.82, 2.24) is 0 Å². The molecule has 0 heterocycles. The molecule has 0 spiro atoms. The highest BCUT2D eigenvalue weighted by molar-refractivity contribution is 6.63. The van der Waals surface area contributed by atoms with E-state index >= 15 is 0 Å². The smallest absolute Gasteiger partial charge is 0.364 e. The van der Waals surface area contributed by atoms with Gasteiger partial charge in [0.15, 0.2) is 0 Å². The highest BCUT2D eigenvalue weighted by Crippen LogP contribution is 2.18. The molecule has 6 heteroatoms. The Morgan fingerprint density at radius 1 is 0.909 bits per heavy atom. The Morgan fingerprint density at radius 2 is 1.36 bits per heavy atom.